The summed E-state index contributed by atoms with van der Waals surface area (Å²) in [7, 11) is 0. The van der Waals surface area contributed by atoms with Gasteiger partial charge in [-0.05, 0) is 17.7 Å². The Bertz CT molecular complexity index is 1090. The number of hydrogen-bond acceptors (Lipinski definition) is 4. The first kappa shape index (κ1) is 21.8. The van der Waals surface area contributed by atoms with E-state index in [1.165, 1.54) is 6.07 Å². The first-order valence-corrected chi connectivity index (χ1v) is 9.97. The number of hydrogen-bond donors (Lipinski definition) is 1. The average Bonchev–Trinajstić information content (AvgIpc) is 3.27. The van der Waals surface area contributed by atoms with Crippen LogP contribution in [0.5, 0.6) is 0 Å². The molecule has 32 heavy (non-hydrogen) atoms. The lowest BCUT2D eigenvalue weighted by atomic mass is 10.1. The molecule has 0 aliphatic carbocycles. The Labute approximate surface area is 182 Å². The minimum Gasteiger partial charge on any atom is -0.354 e. The third-order valence-electron chi connectivity index (χ3n) is 5.56. The van der Waals surface area contributed by atoms with Gasteiger partial charge < -0.3 is 4.90 Å². The number of nitrogens with zero attached hydrogens (tertiary/aromatic N) is 5. The minimum atomic E-state index is -4.44. The molecule has 1 aliphatic heterocycles. The maximum absolute atomic E-state index is 13.9. The molecule has 0 bridgehead atoms. The van der Waals surface area contributed by atoms with Crippen LogP contribution in [-0.4, -0.2) is 52.4 Å². The standard InChI is InChI=1S/C22H20F4N6/c1-27-18-5-2-15(3-6-18)21-16(11-29-30-21)13-31-8-9-32(14-19(31)10-23)20-7-4-17(12-28-20)22(24,25)26/h2-7,11-12,19H,8-10,13-14H2,(H,29,30)/t19-/m0/s1. The molecule has 0 unspecified atom stereocenters. The molecule has 1 N–H and O–H groups in total. The number of benzene rings is 1. The smallest absolute Gasteiger partial charge is 0.354 e. The Morgan fingerprint density at radius 2 is 1.88 bits per heavy atom. The lowest BCUT2D eigenvalue weighted by Crippen LogP contribution is -2.54. The summed E-state index contributed by atoms with van der Waals surface area (Å²) in [6.07, 6.45) is -1.93. The molecular weight excluding hydrogens is 424 g/mol. The fraction of sp³-hybridized carbons (Fsp3) is 0.318. The number of rotatable bonds is 5. The van der Waals surface area contributed by atoms with Crippen molar-refractivity contribution in [2.45, 2.75) is 18.8 Å². The van der Waals surface area contributed by atoms with Crippen molar-refractivity contribution in [3.63, 3.8) is 0 Å². The molecule has 1 fully saturated rings. The van der Waals surface area contributed by atoms with Gasteiger partial charge in [0.1, 0.15) is 12.5 Å². The Morgan fingerprint density at radius 1 is 1.09 bits per heavy atom. The lowest BCUT2D eigenvalue weighted by Gasteiger charge is -2.40. The van der Waals surface area contributed by atoms with Gasteiger partial charge in [0.05, 0.1) is 30.1 Å². The van der Waals surface area contributed by atoms with Crippen molar-refractivity contribution in [3.05, 3.63) is 71.3 Å². The van der Waals surface area contributed by atoms with Crippen LogP contribution in [0.2, 0.25) is 0 Å². The van der Waals surface area contributed by atoms with Crippen molar-refractivity contribution < 1.29 is 17.6 Å². The van der Waals surface area contributed by atoms with Crippen molar-refractivity contribution in [2.24, 2.45) is 0 Å². The number of alkyl halides is 4. The average molecular weight is 444 g/mol. The van der Waals surface area contributed by atoms with Gasteiger partial charge in [-0.25, -0.2) is 14.2 Å². The Morgan fingerprint density at radius 3 is 2.50 bits per heavy atom. The molecule has 2 aromatic heterocycles. The summed E-state index contributed by atoms with van der Waals surface area (Å²) in [5, 5.41) is 7.10. The summed E-state index contributed by atoms with van der Waals surface area (Å²) in [6, 6.07) is 9.03. The fourth-order valence-electron chi connectivity index (χ4n) is 3.80. The lowest BCUT2D eigenvalue weighted by molar-refractivity contribution is -0.137. The highest BCUT2D eigenvalue weighted by molar-refractivity contribution is 5.65. The number of aromatic nitrogens is 3. The highest BCUT2D eigenvalue weighted by atomic mass is 19.4. The highest BCUT2D eigenvalue weighted by Crippen LogP contribution is 2.30. The molecule has 0 amide bonds. The first-order valence-electron chi connectivity index (χ1n) is 9.97. The van der Waals surface area contributed by atoms with E-state index in [2.05, 4.69) is 20.0 Å². The summed E-state index contributed by atoms with van der Waals surface area (Å²) < 4.78 is 52.2. The monoisotopic (exact) mass is 444 g/mol. The zero-order valence-corrected chi connectivity index (χ0v) is 17.0. The second kappa shape index (κ2) is 8.96. The largest absolute Gasteiger partial charge is 0.417 e. The van der Waals surface area contributed by atoms with Gasteiger partial charge >= 0.3 is 6.18 Å². The van der Waals surface area contributed by atoms with Crippen molar-refractivity contribution >= 4 is 11.5 Å². The number of halogens is 4. The second-order valence-corrected chi connectivity index (χ2v) is 7.56. The summed E-state index contributed by atoms with van der Waals surface area (Å²) >= 11 is 0. The van der Waals surface area contributed by atoms with Crippen LogP contribution < -0.4 is 4.90 Å². The molecule has 3 aromatic rings. The molecule has 1 aliphatic rings. The first-order chi connectivity index (χ1) is 15.4. The number of anilines is 1. The predicted molar refractivity (Wildman–Crippen MR) is 112 cm³/mol. The molecule has 10 heteroatoms. The Kier molecular flexibility index (Phi) is 6.10. The van der Waals surface area contributed by atoms with Crippen LogP contribution in [0.3, 0.4) is 0 Å². The van der Waals surface area contributed by atoms with Crippen LogP contribution in [0.25, 0.3) is 16.1 Å². The third kappa shape index (κ3) is 4.57. The number of pyridine rings is 1. The molecule has 0 saturated carbocycles. The van der Waals surface area contributed by atoms with E-state index in [-0.39, 0.29) is 0 Å². The van der Waals surface area contributed by atoms with Crippen LogP contribution in [0.1, 0.15) is 11.1 Å². The van der Waals surface area contributed by atoms with E-state index in [0.29, 0.717) is 37.7 Å². The minimum absolute atomic E-state index is 0.321. The Balaban J connectivity index is 1.46. The third-order valence-corrected chi connectivity index (χ3v) is 5.56. The van der Waals surface area contributed by atoms with E-state index in [0.717, 1.165) is 29.1 Å². The van der Waals surface area contributed by atoms with Gasteiger partial charge in [-0.3, -0.25) is 10.00 Å². The van der Waals surface area contributed by atoms with Crippen LogP contribution >= 0.6 is 0 Å². The van der Waals surface area contributed by atoms with E-state index in [4.69, 9.17) is 6.57 Å². The molecule has 1 atom stereocenters. The molecule has 1 aromatic carbocycles. The van der Waals surface area contributed by atoms with E-state index in [1.54, 1.807) is 23.2 Å². The molecule has 3 heterocycles. The van der Waals surface area contributed by atoms with Gasteiger partial charge in [0.25, 0.3) is 0 Å². The number of aromatic amines is 1. The maximum Gasteiger partial charge on any atom is 0.417 e. The SMILES string of the molecule is [C-]#[N+]c1ccc(-c2[nH]ncc2CN2CCN(c3ccc(C(F)(F)F)cn3)C[C@@H]2CF)cc1. The maximum atomic E-state index is 13.9. The van der Waals surface area contributed by atoms with E-state index < -0.39 is 24.5 Å². The molecule has 166 valence electrons. The van der Waals surface area contributed by atoms with Crippen molar-refractivity contribution in [1.82, 2.24) is 20.1 Å². The fourth-order valence-corrected chi connectivity index (χ4v) is 3.80. The highest BCUT2D eigenvalue weighted by Gasteiger charge is 2.32. The summed E-state index contributed by atoms with van der Waals surface area (Å²) in [5.74, 6) is 0.403. The quantitative estimate of drug-likeness (QED) is 0.458. The normalized spacial score (nSPS) is 17.3. The van der Waals surface area contributed by atoms with Crippen molar-refractivity contribution in [2.75, 3.05) is 31.2 Å². The number of piperazine rings is 1. The van der Waals surface area contributed by atoms with Gasteiger partial charge in [-0.1, -0.05) is 24.3 Å². The van der Waals surface area contributed by atoms with Crippen molar-refractivity contribution in [3.8, 4) is 11.3 Å². The van der Waals surface area contributed by atoms with Gasteiger partial charge in [-0.15, -0.1) is 0 Å². The molecule has 4 rings (SSSR count). The second-order valence-electron chi connectivity index (χ2n) is 7.56. The van der Waals surface area contributed by atoms with Gasteiger partial charge in [-0.2, -0.15) is 18.3 Å². The number of nitrogens with one attached hydrogen (secondary N) is 1. The molecular formula is C22H20F4N6. The van der Waals surface area contributed by atoms with Crippen LogP contribution in [0.15, 0.2) is 48.8 Å². The summed E-state index contributed by atoms with van der Waals surface area (Å²) in [4.78, 5) is 11.1. The number of H-pyrrole nitrogens is 1. The molecule has 0 spiro atoms. The zero-order valence-electron chi connectivity index (χ0n) is 17.0. The van der Waals surface area contributed by atoms with E-state index >= 15 is 0 Å². The predicted octanol–water partition coefficient (Wildman–Crippen LogP) is 4.70. The van der Waals surface area contributed by atoms with E-state index in [1.807, 2.05) is 17.0 Å². The van der Waals surface area contributed by atoms with Crippen LogP contribution in [-0.2, 0) is 12.7 Å². The summed E-state index contributed by atoms with van der Waals surface area (Å²) in [5.41, 5.74) is 2.33. The van der Waals surface area contributed by atoms with Crippen LogP contribution in [0, 0.1) is 6.57 Å². The van der Waals surface area contributed by atoms with Crippen LogP contribution in [0.4, 0.5) is 29.1 Å². The molecule has 0 radical (unpaired) electrons. The topological polar surface area (TPSA) is 52.4 Å². The van der Waals surface area contributed by atoms with Gasteiger partial charge in [0.2, 0.25) is 0 Å². The van der Waals surface area contributed by atoms with Gasteiger partial charge in [0, 0.05) is 37.9 Å². The van der Waals surface area contributed by atoms with E-state index in [9.17, 15) is 17.6 Å². The van der Waals surface area contributed by atoms with Gasteiger partial charge in [0.15, 0.2) is 5.69 Å². The molecule has 1 saturated heterocycles. The van der Waals surface area contributed by atoms with Crippen molar-refractivity contribution in [1.29, 1.82) is 0 Å². The molecule has 6 nitrogen and oxygen atoms in total. The zero-order chi connectivity index (χ0) is 22.7. The summed E-state index contributed by atoms with van der Waals surface area (Å²) in [6.45, 7) is 8.31. The Hall–Kier alpha value is -3.45.